The molecule has 0 aliphatic carbocycles. The molecule has 5 heteroatoms. The lowest BCUT2D eigenvalue weighted by Crippen LogP contribution is -2.34. The Morgan fingerprint density at radius 3 is 2.25 bits per heavy atom. The summed E-state index contributed by atoms with van der Waals surface area (Å²) < 4.78 is 0. The number of benzene rings is 2. The zero-order valence-corrected chi connectivity index (χ0v) is 16.3. The van der Waals surface area contributed by atoms with E-state index in [-0.39, 0.29) is 31.1 Å². The number of thiophene rings is 1. The third-order valence-electron chi connectivity index (χ3n) is 4.55. The van der Waals surface area contributed by atoms with Crippen molar-refractivity contribution in [2.24, 2.45) is 0 Å². The molecule has 1 N–H and O–H groups in total. The Hall–Kier alpha value is -2.76. The fourth-order valence-corrected chi connectivity index (χ4v) is 3.69. The molecule has 1 amide bonds. The van der Waals surface area contributed by atoms with Gasteiger partial charge in [-0.25, -0.2) is 0 Å². The Morgan fingerprint density at radius 1 is 0.929 bits per heavy atom. The number of amides is 1. The SMILES string of the molecule is O=C(CCC(=O)N(Cc1ccccc1)CC(O)c1ccsc1)c1ccccc1. The molecule has 1 aromatic heterocycles. The van der Waals surface area contributed by atoms with Gasteiger partial charge in [-0.3, -0.25) is 9.59 Å². The van der Waals surface area contributed by atoms with E-state index in [0.717, 1.165) is 11.1 Å². The number of carbonyl (C=O) groups is 2. The van der Waals surface area contributed by atoms with Gasteiger partial charge < -0.3 is 10.0 Å². The average molecular weight is 394 g/mol. The molecule has 144 valence electrons. The summed E-state index contributed by atoms with van der Waals surface area (Å²) in [5, 5.41) is 14.3. The van der Waals surface area contributed by atoms with Crippen LogP contribution in [-0.4, -0.2) is 28.2 Å². The zero-order valence-electron chi connectivity index (χ0n) is 15.5. The van der Waals surface area contributed by atoms with Crippen LogP contribution in [0.15, 0.2) is 77.5 Å². The van der Waals surface area contributed by atoms with Gasteiger partial charge in [0.15, 0.2) is 5.78 Å². The highest BCUT2D eigenvalue weighted by Gasteiger charge is 2.20. The summed E-state index contributed by atoms with van der Waals surface area (Å²) in [5.41, 5.74) is 2.40. The van der Waals surface area contributed by atoms with Crippen LogP contribution in [0.2, 0.25) is 0 Å². The summed E-state index contributed by atoms with van der Waals surface area (Å²) in [4.78, 5) is 26.8. The molecule has 0 fully saturated rings. The van der Waals surface area contributed by atoms with Crippen molar-refractivity contribution in [3.8, 4) is 0 Å². The summed E-state index contributed by atoms with van der Waals surface area (Å²) >= 11 is 1.51. The van der Waals surface area contributed by atoms with Gasteiger partial charge in [0.2, 0.25) is 5.91 Å². The van der Waals surface area contributed by atoms with E-state index >= 15 is 0 Å². The van der Waals surface area contributed by atoms with Crippen molar-refractivity contribution >= 4 is 23.0 Å². The standard InChI is InChI=1S/C23H23NO3S/c25-21(19-9-5-2-6-10-19)11-12-23(27)24(15-18-7-3-1-4-8-18)16-22(26)20-13-14-28-17-20/h1-10,13-14,17,22,26H,11-12,15-16H2. The van der Waals surface area contributed by atoms with Crippen LogP contribution in [0.3, 0.4) is 0 Å². The molecule has 0 aliphatic rings. The number of nitrogens with zero attached hydrogens (tertiary/aromatic N) is 1. The number of rotatable bonds is 9. The fourth-order valence-electron chi connectivity index (χ4n) is 2.98. The largest absolute Gasteiger partial charge is 0.387 e. The molecular weight excluding hydrogens is 370 g/mol. The molecule has 0 bridgehead atoms. The van der Waals surface area contributed by atoms with Gasteiger partial charge in [0.1, 0.15) is 0 Å². The lowest BCUT2D eigenvalue weighted by atomic mass is 10.1. The number of Topliss-reactive ketones (excluding diaryl/α,β-unsaturated/α-hetero) is 1. The summed E-state index contributed by atoms with van der Waals surface area (Å²) in [6.07, 6.45) is -0.469. The molecule has 0 spiro atoms. The molecule has 0 radical (unpaired) electrons. The Balaban J connectivity index is 1.66. The van der Waals surface area contributed by atoms with Crippen LogP contribution in [0.1, 0.15) is 40.4 Å². The van der Waals surface area contributed by atoms with Gasteiger partial charge in [0, 0.05) is 24.9 Å². The molecular formula is C23H23NO3S. The number of hydrogen-bond acceptors (Lipinski definition) is 4. The van der Waals surface area contributed by atoms with Crippen LogP contribution in [0.5, 0.6) is 0 Å². The van der Waals surface area contributed by atoms with Gasteiger partial charge in [0.05, 0.1) is 12.6 Å². The summed E-state index contributed by atoms with van der Waals surface area (Å²) in [5.74, 6) is -0.186. The van der Waals surface area contributed by atoms with Crippen LogP contribution < -0.4 is 0 Å². The maximum atomic E-state index is 12.9. The quantitative estimate of drug-likeness (QED) is 0.546. The first kappa shape index (κ1) is 20.0. The van der Waals surface area contributed by atoms with Crippen molar-refractivity contribution in [3.05, 3.63) is 94.2 Å². The molecule has 1 heterocycles. The number of ketones is 1. The Labute approximate surface area is 169 Å². The van der Waals surface area contributed by atoms with E-state index in [1.54, 1.807) is 17.0 Å². The van der Waals surface area contributed by atoms with Crippen LogP contribution in [-0.2, 0) is 11.3 Å². The van der Waals surface area contributed by atoms with Gasteiger partial charge in [0.25, 0.3) is 0 Å². The second-order valence-corrected chi connectivity index (χ2v) is 7.40. The molecule has 0 saturated heterocycles. The second-order valence-electron chi connectivity index (χ2n) is 6.62. The lowest BCUT2D eigenvalue weighted by molar-refractivity contribution is -0.133. The van der Waals surface area contributed by atoms with Gasteiger partial charge in [-0.2, -0.15) is 11.3 Å². The molecule has 3 rings (SSSR count). The fraction of sp³-hybridized carbons (Fsp3) is 0.217. The number of aliphatic hydroxyl groups excluding tert-OH is 1. The van der Waals surface area contributed by atoms with Gasteiger partial charge in [-0.05, 0) is 28.0 Å². The number of hydrogen-bond donors (Lipinski definition) is 1. The Kier molecular flexibility index (Phi) is 7.12. The van der Waals surface area contributed by atoms with Crippen LogP contribution >= 0.6 is 11.3 Å². The molecule has 2 aromatic carbocycles. The first-order valence-electron chi connectivity index (χ1n) is 9.23. The van der Waals surface area contributed by atoms with Crippen molar-refractivity contribution in [2.45, 2.75) is 25.5 Å². The van der Waals surface area contributed by atoms with E-state index in [1.807, 2.05) is 65.4 Å². The third kappa shape index (κ3) is 5.62. The highest BCUT2D eigenvalue weighted by atomic mass is 32.1. The molecule has 4 nitrogen and oxygen atoms in total. The van der Waals surface area contributed by atoms with Crippen molar-refractivity contribution < 1.29 is 14.7 Å². The van der Waals surface area contributed by atoms with E-state index in [1.165, 1.54) is 11.3 Å². The van der Waals surface area contributed by atoms with Crippen molar-refractivity contribution in [1.29, 1.82) is 0 Å². The van der Waals surface area contributed by atoms with E-state index < -0.39 is 6.10 Å². The van der Waals surface area contributed by atoms with Crippen molar-refractivity contribution in [1.82, 2.24) is 4.90 Å². The Morgan fingerprint density at radius 2 is 1.61 bits per heavy atom. The highest BCUT2D eigenvalue weighted by molar-refractivity contribution is 7.07. The van der Waals surface area contributed by atoms with Gasteiger partial charge in [-0.1, -0.05) is 60.7 Å². The molecule has 0 aliphatic heterocycles. The van der Waals surface area contributed by atoms with E-state index in [9.17, 15) is 14.7 Å². The van der Waals surface area contributed by atoms with Gasteiger partial charge in [-0.15, -0.1) is 0 Å². The summed E-state index contributed by atoms with van der Waals surface area (Å²) in [7, 11) is 0. The lowest BCUT2D eigenvalue weighted by Gasteiger charge is -2.25. The van der Waals surface area contributed by atoms with Crippen molar-refractivity contribution in [2.75, 3.05) is 6.54 Å². The van der Waals surface area contributed by atoms with E-state index in [4.69, 9.17) is 0 Å². The molecule has 1 unspecified atom stereocenters. The van der Waals surface area contributed by atoms with E-state index in [2.05, 4.69) is 0 Å². The number of carbonyl (C=O) groups excluding carboxylic acids is 2. The van der Waals surface area contributed by atoms with Crippen molar-refractivity contribution in [3.63, 3.8) is 0 Å². The topological polar surface area (TPSA) is 57.6 Å². The van der Waals surface area contributed by atoms with Gasteiger partial charge >= 0.3 is 0 Å². The van der Waals surface area contributed by atoms with Crippen LogP contribution in [0.4, 0.5) is 0 Å². The molecule has 3 aromatic rings. The smallest absolute Gasteiger partial charge is 0.223 e. The zero-order chi connectivity index (χ0) is 19.8. The third-order valence-corrected chi connectivity index (χ3v) is 5.25. The van der Waals surface area contributed by atoms with Crippen LogP contribution in [0, 0.1) is 0 Å². The average Bonchev–Trinajstić information content (AvgIpc) is 3.28. The van der Waals surface area contributed by atoms with Crippen LogP contribution in [0.25, 0.3) is 0 Å². The highest BCUT2D eigenvalue weighted by Crippen LogP contribution is 2.19. The first-order chi connectivity index (χ1) is 13.6. The predicted octanol–water partition coefficient (Wildman–Crippen LogP) is 4.47. The molecule has 28 heavy (non-hydrogen) atoms. The molecule has 1 atom stereocenters. The maximum absolute atomic E-state index is 12.9. The number of aliphatic hydroxyl groups is 1. The molecule has 0 saturated carbocycles. The monoisotopic (exact) mass is 393 g/mol. The first-order valence-corrected chi connectivity index (χ1v) is 10.2. The Bertz CT molecular complexity index is 879. The minimum Gasteiger partial charge on any atom is -0.387 e. The normalized spacial score (nSPS) is 11.8. The summed E-state index contributed by atoms with van der Waals surface area (Å²) in [6.45, 7) is 0.602. The van der Waals surface area contributed by atoms with E-state index in [0.29, 0.717) is 12.1 Å². The minimum absolute atomic E-state index is 0.0491. The maximum Gasteiger partial charge on any atom is 0.223 e. The summed E-state index contributed by atoms with van der Waals surface area (Å²) in [6, 6.07) is 20.5. The second kappa shape index (κ2) is 9.97. The minimum atomic E-state index is -0.747. The predicted molar refractivity (Wildman–Crippen MR) is 111 cm³/mol.